The van der Waals surface area contributed by atoms with Gasteiger partial charge in [0, 0.05) is 6.04 Å². The molecular formula is C16H23NO3. The van der Waals surface area contributed by atoms with Crippen molar-refractivity contribution in [2.45, 2.75) is 45.7 Å². The highest BCUT2D eigenvalue weighted by atomic mass is 16.5. The Bertz CT molecular complexity index is 495. The topological polar surface area (TPSA) is 47.6 Å². The lowest BCUT2D eigenvalue weighted by Gasteiger charge is -2.19. The number of methoxy groups -OCH3 is 1. The number of hydrogen-bond donors (Lipinski definition) is 1. The molecule has 1 aliphatic carbocycles. The van der Waals surface area contributed by atoms with Crippen LogP contribution in [-0.4, -0.2) is 31.8 Å². The van der Waals surface area contributed by atoms with Gasteiger partial charge in [0.1, 0.15) is 18.4 Å². The van der Waals surface area contributed by atoms with Crippen LogP contribution in [0.5, 0.6) is 5.75 Å². The van der Waals surface area contributed by atoms with Crippen LogP contribution >= 0.6 is 0 Å². The lowest BCUT2D eigenvalue weighted by molar-refractivity contribution is -0.144. The quantitative estimate of drug-likeness (QED) is 0.810. The molecule has 1 aliphatic rings. The van der Waals surface area contributed by atoms with Crippen LogP contribution in [0.2, 0.25) is 0 Å². The highest BCUT2D eigenvalue weighted by molar-refractivity contribution is 5.76. The van der Waals surface area contributed by atoms with Crippen molar-refractivity contribution in [3.63, 3.8) is 0 Å². The Hall–Kier alpha value is -1.55. The van der Waals surface area contributed by atoms with E-state index in [1.54, 1.807) is 0 Å². The van der Waals surface area contributed by atoms with E-state index in [-0.39, 0.29) is 5.97 Å². The molecule has 20 heavy (non-hydrogen) atoms. The van der Waals surface area contributed by atoms with Crippen molar-refractivity contribution < 1.29 is 14.3 Å². The molecule has 1 N–H and O–H groups in total. The maximum Gasteiger partial charge on any atom is 0.326 e. The molecule has 0 heterocycles. The van der Waals surface area contributed by atoms with Gasteiger partial charge in [-0.05, 0) is 50.3 Å². The van der Waals surface area contributed by atoms with Crippen molar-refractivity contribution in [2.75, 3.05) is 13.7 Å². The first kappa shape index (κ1) is 14.9. The number of carbonyl (C=O) groups excluding carboxylic acids is 1. The van der Waals surface area contributed by atoms with Crippen LogP contribution in [0.4, 0.5) is 0 Å². The Morgan fingerprint density at radius 2 is 1.95 bits per heavy atom. The summed E-state index contributed by atoms with van der Waals surface area (Å²) in [6, 6.07) is 4.16. The molecule has 0 spiro atoms. The predicted octanol–water partition coefficient (Wildman–Crippen LogP) is 2.28. The molecule has 1 aromatic carbocycles. The zero-order valence-corrected chi connectivity index (χ0v) is 12.7. The van der Waals surface area contributed by atoms with Crippen LogP contribution in [0.15, 0.2) is 12.1 Å². The first-order chi connectivity index (χ1) is 9.52. The van der Waals surface area contributed by atoms with Crippen LogP contribution in [0.25, 0.3) is 0 Å². The van der Waals surface area contributed by atoms with Crippen molar-refractivity contribution in [1.82, 2.24) is 5.32 Å². The van der Waals surface area contributed by atoms with Crippen molar-refractivity contribution in [2.24, 2.45) is 0 Å². The number of esters is 1. The number of rotatable bonds is 6. The van der Waals surface area contributed by atoms with E-state index in [1.165, 1.54) is 12.7 Å². The zero-order chi connectivity index (χ0) is 14.7. The Labute approximate surface area is 120 Å². The largest absolute Gasteiger partial charge is 0.491 e. The van der Waals surface area contributed by atoms with Gasteiger partial charge in [-0.3, -0.25) is 10.1 Å². The first-order valence-electron chi connectivity index (χ1n) is 7.06. The minimum atomic E-state index is -0.396. The summed E-state index contributed by atoms with van der Waals surface area (Å²) in [5.41, 5.74) is 3.40. The highest BCUT2D eigenvalue weighted by Crippen LogP contribution is 2.26. The SMILES string of the molecule is COC(=O)C(COc1c(C)ccc(C)c1C)NC1CC1. The number of nitrogens with one attached hydrogen (secondary N) is 1. The second-order valence-corrected chi connectivity index (χ2v) is 5.48. The third-order valence-corrected chi connectivity index (χ3v) is 3.77. The average Bonchev–Trinajstić information content (AvgIpc) is 3.25. The summed E-state index contributed by atoms with van der Waals surface area (Å²) in [7, 11) is 1.41. The number of carbonyl (C=O) groups is 1. The molecule has 4 heteroatoms. The molecule has 1 atom stereocenters. The monoisotopic (exact) mass is 277 g/mol. The second-order valence-electron chi connectivity index (χ2n) is 5.48. The number of benzene rings is 1. The molecule has 0 saturated heterocycles. The second kappa shape index (κ2) is 6.27. The number of aryl methyl sites for hydroxylation is 2. The Morgan fingerprint density at radius 1 is 1.30 bits per heavy atom. The van der Waals surface area contributed by atoms with Crippen LogP contribution < -0.4 is 10.1 Å². The third kappa shape index (κ3) is 3.51. The van der Waals surface area contributed by atoms with Crippen molar-refractivity contribution in [3.05, 3.63) is 28.8 Å². The molecule has 0 bridgehead atoms. The van der Waals surface area contributed by atoms with E-state index in [9.17, 15) is 4.79 Å². The Kier molecular flexibility index (Phi) is 4.65. The normalized spacial score (nSPS) is 15.8. The van der Waals surface area contributed by atoms with Crippen molar-refractivity contribution in [1.29, 1.82) is 0 Å². The maximum atomic E-state index is 11.8. The molecule has 1 fully saturated rings. The lowest BCUT2D eigenvalue weighted by Crippen LogP contribution is -2.43. The van der Waals surface area contributed by atoms with Crippen LogP contribution in [0, 0.1) is 20.8 Å². The molecule has 0 amide bonds. The van der Waals surface area contributed by atoms with Gasteiger partial charge in [0.15, 0.2) is 0 Å². The molecule has 4 nitrogen and oxygen atoms in total. The van der Waals surface area contributed by atoms with E-state index in [0.29, 0.717) is 12.6 Å². The van der Waals surface area contributed by atoms with Crippen LogP contribution in [0.3, 0.4) is 0 Å². The van der Waals surface area contributed by atoms with E-state index in [4.69, 9.17) is 9.47 Å². The standard InChI is InChI=1S/C16H23NO3/c1-10-5-6-11(2)15(12(10)3)20-9-14(16(18)19-4)17-13-7-8-13/h5-6,13-14,17H,7-9H2,1-4H3. The van der Waals surface area contributed by atoms with E-state index >= 15 is 0 Å². The van der Waals surface area contributed by atoms with Gasteiger partial charge < -0.3 is 9.47 Å². The molecule has 1 aromatic rings. The fourth-order valence-electron chi connectivity index (χ4n) is 2.18. The van der Waals surface area contributed by atoms with Crippen LogP contribution in [-0.2, 0) is 9.53 Å². The van der Waals surface area contributed by atoms with Gasteiger partial charge in [-0.1, -0.05) is 12.1 Å². The summed E-state index contributed by atoms with van der Waals surface area (Å²) in [5, 5.41) is 3.27. The summed E-state index contributed by atoms with van der Waals surface area (Å²) in [5.74, 6) is 0.608. The molecule has 110 valence electrons. The molecule has 0 aliphatic heterocycles. The molecule has 1 unspecified atom stereocenters. The molecular weight excluding hydrogens is 254 g/mol. The zero-order valence-electron chi connectivity index (χ0n) is 12.7. The first-order valence-corrected chi connectivity index (χ1v) is 7.06. The van der Waals surface area contributed by atoms with Gasteiger partial charge in [0.05, 0.1) is 7.11 Å². The Balaban J connectivity index is 2.04. The molecule has 0 aromatic heterocycles. The van der Waals surface area contributed by atoms with Crippen LogP contribution in [0.1, 0.15) is 29.5 Å². The van der Waals surface area contributed by atoms with E-state index in [0.717, 1.165) is 29.7 Å². The van der Waals surface area contributed by atoms with Gasteiger partial charge in [-0.25, -0.2) is 0 Å². The van der Waals surface area contributed by atoms with Gasteiger partial charge in [-0.2, -0.15) is 0 Å². The van der Waals surface area contributed by atoms with Crippen molar-refractivity contribution in [3.8, 4) is 5.75 Å². The number of hydrogen-bond acceptors (Lipinski definition) is 4. The van der Waals surface area contributed by atoms with Gasteiger partial charge >= 0.3 is 5.97 Å². The smallest absolute Gasteiger partial charge is 0.326 e. The number of ether oxygens (including phenoxy) is 2. The van der Waals surface area contributed by atoms with E-state index in [2.05, 4.69) is 18.3 Å². The van der Waals surface area contributed by atoms with Crippen molar-refractivity contribution >= 4 is 5.97 Å². The third-order valence-electron chi connectivity index (χ3n) is 3.77. The van der Waals surface area contributed by atoms with Gasteiger partial charge in [-0.15, -0.1) is 0 Å². The fraction of sp³-hybridized carbons (Fsp3) is 0.562. The minimum Gasteiger partial charge on any atom is -0.491 e. The van der Waals surface area contributed by atoms with E-state index < -0.39 is 6.04 Å². The predicted molar refractivity (Wildman–Crippen MR) is 78.1 cm³/mol. The summed E-state index contributed by atoms with van der Waals surface area (Å²) in [6.45, 7) is 6.42. The average molecular weight is 277 g/mol. The fourth-order valence-corrected chi connectivity index (χ4v) is 2.18. The molecule has 2 rings (SSSR count). The van der Waals surface area contributed by atoms with Gasteiger partial charge in [0.25, 0.3) is 0 Å². The summed E-state index contributed by atoms with van der Waals surface area (Å²) in [4.78, 5) is 11.8. The Morgan fingerprint density at radius 3 is 2.55 bits per heavy atom. The highest BCUT2D eigenvalue weighted by Gasteiger charge is 2.29. The molecule has 0 radical (unpaired) electrons. The summed E-state index contributed by atoms with van der Waals surface area (Å²) in [6.07, 6.45) is 2.24. The van der Waals surface area contributed by atoms with E-state index in [1.807, 2.05) is 19.9 Å². The minimum absolute atomic E-state index is 0.264. The lowest BCUT2D eigenvalue weighted by atomic mass is 10.1. The maximum absolute atomic E-state index is 11.8. The summed E-state index contributed by atoms with van der Waals surface area (Å²) < 4.78 is 10.7. The molecule has 1 saturated carbocycles. The summed E-state index contributed by atoms with van der Waals surface area (Å²) >= 11 is 0. The van der Waals surface area contributed by atoms with Gasteiger partial charge in [0.2, 0.25) is 0 Å².